The molecule has 0 atom stereocenters. The summed E-state index contributed by atoms with van der Waals surface area (Å²) in [5.41, 5.74) is 2.92. The summed E-state index contributed by atoms with van der Waals surface area (Å²) in [6, 6.07) is 16.6. The van der Waals surface area contributed by atoms with Crippen LogP contribution in [-0.2, 0) is 0 Å². The molecule has 3 aromatic rings. The maximum absolute atomic E-state index is 12.5. The molecule has 1 N–H and O–H groups in total. The highest BCUT2D eigenvalue weighted by molar-refractivity contribution is 9.10. The van der Waals surface area contributed by atoms with Gasteiger partial charge in [-0.25, -0.2) is 10.2 Å². The van der Waals surface area contributed by atoms with Gasteiger partial charge in [0, 0.05) is 27.7 Å². The number of nitro benzene ring substituents is 1. The van der Waals surface area contributed by atoms with Crippen molar-refractivity contribution in [3.05, 3.63) is 98.0 Å². The van der Waals surface area contributed by atoms with Gasteiger partial charge >= 0.3 is 5.97 Å². The van der Waals surface area contributed by atoms with Crippen molar-refractivity contribution in [2.45, 2.75) is 0 Å². The number of nitrogens with one attached hydrogen (secondary N) is 1. The second kappa shape index (κ2) is 10.3. The summed E-state index contributed by atoms with van der Waals surface area (Å²) in [5.74, 6) is -0.373. The molecule has 9 nitrogen and oxygen atoms in total. The van der Waals surface area contributed by atoms with Gasteiger partial charge in [0.1, 0.15) is 11.5 Å². The molecule has 0 aliphatic rings. The van der Waals surface area contributed by atoms with E-state index in [2.05, 4.69) is 26.5 Å². The van der Waals surface area contributed by atoms with Crippen LogP contribution in [0.4, 0.5) is 5.69 Å². The van der Waals surface area contributed by atoms with Crippen LogP contribution in [0.1, 0.15) is 26.3 Å². The largest absolute Gasteiger partial charge is 0.497 e. The molecule has 3 aromatic carbocycles. The van der Waals surface area contributed by atoms with Gasteiger partial charge in [-0.15, -0.1) is 0 Å². The quantitative estimate of drug-likeness (QED) is 0.170. The first-order valence-corrected chi connectivity index (χ1v) is 9.90. The van der Waals surface area contributed by atoms with E-state index in [0.717, 1.165) is 6.07 Å². The summed E-state index contributed by atoms with van der Waals surface area (Å²) in [4.78, 5) is 35.0. The van der Waals surface area contributed by atoms with E-state index in [4.69, 9.17) is 9.47 Å². The van der Waals surface area contributed by atoms with Gasteiger partial charge in [-0.2, -0.15) is 5.10 Å². The summed E-state index contributed by atoms with van der Waals surface area (Å²) in [6.45, 7) is 0. The Labute approximate surface area is 190 Å². The van der Waals surface area contributed by atoms with Crippen molar-refractivity contribution >= 4 is 39.7 Å². The van der Waals surface area contributed by atoms with Crippen LogP contribution >= 0.6 is 15.9 Å². The molecular weight excluding hydrogens is 482 g/mol. The Bertz CT molecular complexity index is 1190. The van der Waals surface area contributed by atoms with Crippen molar-refractivity contribution in [1.82, 2.24) is 5.43 Å². The topological polar surface area (TPSA) is 120 Å². The molecule has 0 spiro atoms. The molecule has 10 heteroatoms. The van der Waals surface area contributed by atoms with Gasteiger partial charge in [0.25, 0.3) is 11.6 Å². The van der Waals surface area contributed by atoms with E-state index in [1.165, 1.54) is 31.5 Å². The Morgan fingerprint density at radius 3 is 2.50 bits per heavy atom. The molecule has 0 aromatic heterocycles. The lowest BCUT2D eigenvalue weighted by molar-refractivity contribution is -0.384. The van der Waals surface area contributed by atoms with Crippen molar-refractivity contribution in [1.29, 1.82) is 0 Å². The summed E-state index contributed by atoms with van der Waals surface area (Å²) in [7, 11) is 1.53. The van der Waals surface area contributed by atoms with Crippen molar-refractivity contribution in [3.8, 4) is 11.5 Å². The highest BCUT2D eigenvalue weighted by atomic mass is 79.9. The lowest BCUT2D eigenvalue weighted by atomic mass is 10.2. The normalized spacial score (nSPS) is 10.6. The van der Waals surface area contributed by atoms with Gasteiger partial charge < -0.3 is 9.47 Å². The predicted molar refractivity (Wildman–Crippen MR) is 120 cm³/mol. The van der Waals surface area contributed by atoms with Crippen molar-refractivity contribution < 1.29 is 24.0 Å². The van der Waals surface area contributed by atoms with E-state index in [9.17, 15) is 19.7 Å². The Kier molecular flexibility index (Phi) is 7.29. The molecule has 0 saturated carbocycles. The van der Waals surface area contributed by atoms with Crippen LogP contribution in [0, 0.1) is 10.1 Å². The number of hydrogen-bond donors (Lipinski definition) is 1. The average molecular weight is 498 g/mol. The maximum Gasteiger partial charge on any atom is 0.343 e. The fourth-order valence-corrected chi connectivity index (χ4v) is 2.96. The number of amides is 1. The van der Waals surface area contributed by atoms with Crippen LogP contribution in [0.15, 0.2) is 76.3 Å². The van der Waals surface area contributed by atoms with E-state index in [1.54, 1.807) is 42.5 Å². The van der Waals surface area contributed by atoms with Gasteiger partial charge in [-0.1, -0.05) is 22.0 Å². The molecule has 162 valence electrons. The molecular formula is C22H16BrN3O6. The molecule has 32 heavy (non-hydrogen) atoms. The molecule has 0 radical (unpaired) electrons. The Morgan fingerprint density at radius 2 is 1.81 bits per heavy atom. The number of carbonyl (C=O) groups excluding carboxylic acids is 2. The standard InChI is InChI=1S/C22H16BrN3O6/c1-31-19-8-5-14(6-9-19)22(28)32-20-10-7-17(23)11-16(20)13-24-25-21(27)15-3-2-4-18(12-15)26(29)30/h2-13H,1H3,(H,25,27). The third-order valence-electron chi connectivity index (χ3n) is 4.19. The summed E-state index contributed by atoms with van der Waals surface area (Å²) < 4.78 is 11.2. The number of methoxy groups -OCH3 is 1. The van der Waals surface area contributed by atoms with Crippen molar-refractivity contribution in [2.75, 3.05) is 7.11 Å². The first-order chi connectivity index (χ1) is 15.4. The third-order valence-corrected chi connectivity index (χ3v) is 4.68. The number of benzene rings is 3. The van der Waals surface area contributed by atoms with Crippen LogP contribution in [0.2, 0.25) is 0 Å². The summed E-state index contributed by atoms with van der Waals surface area (Å²) in [6.07, 6.45) is 1.30. The number of halogens is 1. The van der Waals surface area contributed by atoms with Gasteiger partial charge in [0.15, 0.2) is 0 Å². The number of hydrogen-bond acceptors (Lipinski definition) is 7. The van der Waals surface area contributed by atoms with E-state index in [1.807, 2.05) is 0 Å². The highest BCUT2D eigenvalue weighted by Gasteiger charge is 2.13. The molecule has 1 amide bonds. The zero-order chi connectivity index (χ0) is 23.1. The Morgan fingerprint density at radius 1 is 1.06 bits per heavy atom. The molecule has 0 aliphatic carbocycles. The molecule has 0 fully saturated rings. The molecule has 3 rings (SSSR count). The number of nitrogens with zero attached hydrogens (tertiary/aromatic N) is 2. The van der Waals surface area contributed by atoms with Gasteiger partial charge in [-0.3, -0.25) is 14.9 Å². The number of hydrazone groups is 1. The van der Waals surface area contributed by atoms with E-state index >= 15 is 0 Å². The zero-order valence-corrected chi connectivity index (χ0v) is 18.2. The third kappa shape index (κ3) is 5.76. The molecule has 0 heterocycles. The van der Waals surface area contributed by atoms with Crippen LogP contribution < -0.4 is 14.9 Å². The van der Waals surface area contributed by atoms with Crippen LogP contribution in [0.5, 0.6) is 11.5 Å². The highest BCUT2D eigenvalue weighted by Crippen LogP contribution is 2.23. The summed E-state index contributed by atoms with van der Waals surface area (Å²) in [5, 5.41) is 14.7. The first kappa shape index (κ1) is 22.6. The number of ether oxygens (including phenoxy) is 2. The van der Waals surface area contributed by atoms with Gasteiger partial charge in [-0.05, 0) is 48.5 Å². The number of esters is 1. The fourth-order valence-electron chi connectivity index (χ4n) is 2.58. The van der Waals surface area contributed by atoms with Crippen molar-refractivity contribution in [3.63, 3.8) is 0 Å². The maximum atomic E-state index is 12.5. The lowest BCUT2D eigenvalue weighted by Crippen LogP contribution is -2.18. The monoisotopic (exact) mass is 497 g/mol. The molecule has 0 unspecified atom stereocenters. The minimum atomic E-state index is -0.628. The van der Waals surface area contributed by atoms with Gasteiger partial charge in [0.05, 0.1) is 23.8 Å². The number of nitro groups is 1. The lowest BCUT2D eigenvalue weighted by Gasteiger charge is -2.08. The number of rotatable bonds is 7. The number of carbonyl (C=O) groups is 2. The Balaban J connectivity index is 1.73. The SMILES string of the molecule is COc1ccc(C(=O)Oc2ccc(Br)cc2C=NNC(=O)c2cccc([N+](=O)[O-])c2)cc1. The molecule has 0 aliphatic heterocycles. The Hall–Kier alpha value is -4.05. The minimum Gasteiger partial charge on any atom is -0.497 e. The predicted octanol–water partition coefficient (Wildman–Crippen LogP) is 4.35. The summed E-state index contributed by atoms with van der Waals surface area (Å²) >= 11 is 3.34. The van der Waals surface area contributed by atoms with Crippen molar-refractivity contribution in [2.24, 2.45) is 5.10 Å². The molecule has 0 saturated heterocycles. The minimum absolute atomic E-state index is 0.0803. The smallest absolute Gasteiger partial charge is 0.343 e. The number of non-ortho nitro benzene ring substituents is 1. The van der Waals surface area contributed by atoms with Crippen LogP contribution in [0.25, 0.3) is 0 Å². The second-order valence-electron chi connectivity index (χ2n) is 6.31. The van der Waals surface area contributed by atoms with E-state index in [-0.39, 0.29) is 17.0 Å². The first-order valence-electron chi connectivity index (χ1n) is 9.11. The van der Waals surface area contributed by atoms with Gasteiger partial charge in [0.2, 0.25) is 0 Å². The average Bonchev–Trinajstić information content (AvgIpc) is 2.80. The fraction of sp³-hybridized carbons (Fsp3) is 0.0455. The van der Waals surface area contributed by atoms with Crippen LogP contribution in [0.3, 0.4) is 0 Å². The zero-order valence-electron chi connectivity index (χ0n) is 16.7. The second-order valence-corrected chi connectivity index (χ2v) is 7.22. The molecule has 0 bridgehead atoms. The van der Waals surface area contributed by atoms with E-state index in [0.29, 0.717) is 21.3 Å². The van der Waals surface area contributed by atoms with E-state index < -0.39 is 16.8 Å². The van der Waals surface area contributed by atoms with Crippen LogP contribution in [-0.4, -0.2) is 30.1 Å².